The van der Waals surface area contributed by atoms with Gasteiger partial charge in [-0.1, -0.05) is 38.5 Å². The molecular weight excluding hydrogens is 829 g/mol. The van der Waals surface area contributed by atoms with E-state index in [1.54, 1.807) is 0 Å². The fraction of sp³-hybridized carbons (Fsp3) is 0.510. The average Bonchev–Trinajstić information content (AvgIpc) is 4.18. The lowest BCUT2D eigenvalue weighted by molar-refractivity contribution is -0.139. The molecule has 4 amide bonds. The van der Waals surface area contributed by atoms with Crippen molar-refractivity contribution in [3.63, 3.8) is 0 Å². The molecule has 1 aliphatic carbocycles. The Morgan fingerprint density at radius 2 is 1.63 bits per heavy atom. The van der Waals surface area contributed by atoms with Crippen molar-refractivity contribution in [2.45, 2.75) is 115 Å². The molecule has 16 nitrogen and oxygen atoms in total. The maximum absolute atomic E-state index is 14.6. The quantitative estimate of drug-likeness (QED) is 0.114. The number of imidazole rings is 2. The van der Waals surface area contributed by atoms with Gasteiger partial charge in [0.25, 0.3) is 0 Å². The molecule has 1 saturated carbocycles. The van der Waals surface area contributed by atoms with Gasteiger partial charge in [0.2, 0.25) is 11.8 Å². The highest BCUT2D eigenvalue weighted by Crippen LogP contribution is 2.49. The smallest absolute Gasteiger partial charge is 0.407 e. The number of amides is 4. The number of carbonyl (C=O) groups is 4. The van der Waals surface area contributed by atoms with Gasteiger partial charge in [0.15, 0.2) is 0 Å². The van der Waals surface area contributed by atoms with Crippen LogP contribution in [0.2, 0.25) is 0 Å². The Kier molecular flexibility index (Phi) is 11.4. The number of ether oxygens (including phenoxy) is 4. The van der Waals surface area contributed by atoms with Gasteiger partial charge in [0.1, 0.15) is 36.1 Å². The summed E-state index contributed by atoms with van der Waals surface area (Å²) in [4.78, 5) is 74.4. The first-order valence-electron chi connectivity index (χ1n) is 23.2. The highest BCUT2D eigenvalue weighted by Gasteiger charge is 2.50. The summed E-state index contributed by atoms with van der Waals surface area (Å²) in [6.45, 7) is 7.36. The van der Waals surface area contributed by atoms with Crippen LogP contribution in [0.5, 0.6) is 5.75 Å². The minimum absolute atomic E-state index is 0.0268. The Morgan fingerprint density at radius 3 is 2.42 bits per heavy atom. The number of fused-ring (bicyclic) bond motifs is 7. The predicted molar refractivity (Wildman–Crippen MR) is 242 cm³/mol. The predicted octanol–water partition coefficient (Wildman–Crippen LogP) is 7.69. The van der Waals surface area contributed by atoms with E-state index in [-0.39, 0.29) is 47.8 Å². The summed E-state index contributed by atoms with van der Waals surface area (Å²) < 4.78 is 21.9. The van der Waals surface area contributed by atoms with Crippen LogP contribution in [0.1, 0.15) is 101 Å². The van der Waals surface area contributed by atoms with Crippen molar-refractivity contribution in [2.24, 2.45) is 17.8 Å². The summed E-state index contributed by atoms with van der Waals surface area (Å²) in [7, 11) is 2.63. The van der Waals surface area contributed by atoms with Gasteiger partial charge in [0.05, 0.1) is 49.2 Å². The zero-order valence-corrected chi connectivity index (χ0v) is 37.6. The van der Waals surface area contributed by atoms with Crippen LogP contribution in [0.4, 0.5) is 9.59 Å². The molecule has 4 fully saturated rings. The number of benzene rings is 3. The summed E-state index contributed by atoms with van der Waals surface area (Å²) in [5.74, 6) is 2.24. The molecule has 3 aromatic carbocycles. The zero-order chi connectivity index (χ0) is 45.1. The molecule has 4 aliphatic heterocycles. The Labute approximate surface area is 377 Å². The molecule has 0 radical (unpaired) electrons. The van der Waals surface area contributed by atoms with E-state index in [2.05, 4.69) is 57.0 Å². The molecule has 3 saturated heterocycles. The number of hydrogen-bond acceptors (Lipinski definition) is 10. The molecule has 65 heavy (non-hydrogen) atoms. The van der Waals surface area contributed by atoms with Gasteiger partial charge in [-0.05, 0) is 116 Å². The molecule has 7 atom stereocenters. The second kappa shape index (κ2) is 17.3. The zero-order valence-electron chi connectivity index (χ0n) is 37.6. The second-order valence-electron chi connectivity index (χ2n) is 18.9. The highest BCUT2D eigenvalue weighted by molar-refractivity contribution is 6.07. The molecular formula is C49H58N8O8. The van der Waals surface area contributed by atoms with Crippen molar-refractivity contribution in [1.29, 1.82) is 0 Å². The first-order valence-corrected chi connectivity index (χ1v) is 23.2. The summed E-state index contributed by atoms with van der Waals surface area (Å²) in [5, 5.41) is 7.65. The van der Waals surface area contributed by atoms with E-state index in [4.69, 9.17) is 28.9 Å². The largest absolute Gasteiger partial charge is 0.488 e. The van der Waals surface area contributed by atoms with E-state index in [1.165, 1.54) is 14.2 Å². The van der Waals surface area contributed by atoms with Crippen LogP contribution in [0, 0.1) is 17.8 Å². The van der Waals surface area contributed by atoms with Gasteiger partial charge in [-0.25, -0.2) is 19.6 Å². The SMILES string of the molecule is COC(=O)N[C@H](C(=O)N1[C@@H](C)CC[C@H]1c1nc2ccc3cc4c(cc3c2[nH]1)OCc1cc(-c2cnc([C@@H]3C[C@@H]5CCC[C@@H]5N3C(=O)[C@@H](NC(=O)OC)C3CCOCC3)[nH]2)ccc1-4)C(C)C. The highest BCUT2D eigenvalue weighted by atomic mass is 16.5. The van der Waals surface area contributed by atoms with Crippen LogP contribution >= 0.6 is 0 Å². The number of carbonyl (C=O) groups excluding carboxylic acids is 4. The van der Waals surface area contributed by atoms with Crippen LogP contribution in [-0.4, -0.2) is 105 Å². The Balaban J connectivity index is 0.907. The van der Waals surface area contributed by atoms with E-state index in [9.17, 15) is 19.2 Å². The minimum atomic E-state index is -0.727. The van der Waals surface area contributed by atoms with Gasteiger partial charge < -0.3 is 49.3 Å². The molecule has 2 aromatic heterocycles. The lowest BCUT2D eigenvalue weighted by Gasteiger charge is -2.36. The molecule has 10 rings (SSSR count). The Bertz CT molecular complexity index is 2650. The van der Waals surface area contributed by atoms with E-state index in [1.807, 2.05) is 42.8 Å². The van der Waals surface area contributed by atoms with E-state index >= 15 is 0 Å². The lowest BCUT2D eigenvalue weighted by Crippen LogP contribution is -2.55. The molecule has 342 valence electrons. The fourth-order valence-corrected chi connectivity index (χ4v) is 11.4. The molecule has 5 aromatic rings. The van der Waals surface area contributed by atoms with Crippen LogP contribution in [0.3, 0.4) is 0 Å². The molecule has 0 spiro atoms. The van der Waals surface area contributed by atoms with Crippen molar-refractivity contribution in [3.8, 4) is 28.1 Å². The summed E-state index contributed by atoms with van der Waals surface area (Å²) in [5.41, 5.74) is 6.66. The standard InChI is InChI=1S/C49H58N8O8/c1-25(2)41(54-48(60)62-4)46(58)56-26(3)9-14-38(56)45-51-35-13-11-28-20-34-32-12-10-29(19-31(32)24-65-40(34)22-33(28)43(35)53-45)36-23-50-44(52-36)39-21-30-7-6-8-37(30)57(39)47(59)42(55-49(61)63-5)27-15-17-64-18-16-27/h10-13,19-20,22-23,25-27,30,37-39,41-42H,6-9,14-18,21,24H2,1-5H3,(H,50,52)(H,51,53)(H,54,60)(H,55,61)/t26-,30-,37-,38-,39-,41-,42-/m0/s1. The van der Waals surface area contributed by atoms with Crippen LogP contribution in [-0.2, 0) is 30.4 Å². The van der Waals surface area contributed by atoms with Crippen LogP contribution < -0.4 is 15.4 Å². The summed E-state index contributed by atoms with van der Waals surface area (Å²) in [6, 6.07) is 12.9. The van der Waals surface area contributed by atoms with Crippen molar-refractivity contribution >= 4 is 45.8 Å². The number of aromatic amines is 2. The summed E-state index contributed by atoms with van der Waals surface area (Å²) >= 11 is 0. The third kappa shape index (κ3) is 7.72. The maximum atomic E-state index is 14.6. The van der Waals surface area contributed by atoms with Gasteiger partial charge in [0, 0.05) is 36.2 Å². The summed E-state index contributed by atoms with van der Waals surface area (Å²) in [6.07, 6.45) is 7.48. The molecule has 0 unspecified atom stereocenters. The first kappa shape index (κ1) is 42.8. The molecule has 4 N–H and O–H groups in total. The Hall–Kier alpha value is -6.16. The van der Waals surface area contributed by atoms with Crippen LogP contribution in [0.25, 0.3) is 44.2 Å². The van der Waals surface area contributed by atoms with Gasteiger partial charge in [-0.3, -0.25) is 9.59 Å². The van der Waals surface area contributed by atoms with Crippen molar-refractivity contribution in [3.05, 3.63) is 65.9 Å². The van der Waals surface area contributed by atoms with E-state index < -0.39 is 24.3 Å². The third-order valence-electron chi connectivity index (χ3n) is 14.8. The van der Waals surface area contributed by atoms with Gasteiger partial charge >= 0.3 is 12.2 Å². The number of hydrogen-bond donors (Lipinski definition) is 4. The molecule has 0 bridgehead atoms. The number of methoxy groups -OCH3 is 2. The van der Waals surface area contributed by atoms with Crippen molar-refractivity contribution < 1.29 is 38.1 Å². The number of alkyl carbamates (subject to hydrolysis) is 2. The maximum Gasteiger partial charge on any atom is 0.407 e. The number of nitrogens with zero attached hydrogens (tertiary/aromatic N) is 4. The monoisotopic (exact) mass is 886 g/mol. The van der Waals surface area contributed by atoms with E-state index in [0.29, 0.717) is 44.4 Å². The average molecular weight is 887 g/mol. The normalized spacial score (nSPS) is 23.8. The number of nitrogens with one attached hydrogen (secondary N) is 4. The number of likely N-dealkylation sites (tertiary alicyclic amines) is 2. The van der Waals surface area contributed by atoms with Gasteiger partial charge in [-0.15, -0.1) is 0 Å². The molecule has 16 heteroatoms. The van der Waals surface area contributed by atoms with Gasteiger partial charge in [-0.2, -0.15) is 0 Å². The minimum Gasteiger partial charge on any atom is -0.488 e. The Morgan fingerprint density at radius 1 is 0.831 bits per heavy atom. The van der Waals surface area contributed by atoms with Crippen molar-refractivity contribution in [1.82, 2.24) is 40.4 Å². The number of H-pyrrole nitrogens is 2. The fourth-order valence-electron chi connectivity index (χ4n) is 11.4. The van der Waals surface area contributed by atoms with E-state index in [0.717, 1.165) is 99.9 Å². The molecule has 5 aliphatic rings. The second-order valence-corrected chi connectivity index (χ2v) is 18.9. The lowest BCUT2D eigenvalue weighted by atomic mass is 9.90. The van der Waals surface area contributed by atoms with Crippen molar-refractivity contribution in [2.75, 3.05) is 27.4 Å². The molecule has 6 heterocycles. The number of aromatic nitrogens is 4. The van der Waals surface area contributed by atoms with Crippen LogP contribution in [0.15, 0.2) is 48.7 Å². The third-order valence-corrected chi connectivity index (χ3v) is 14.8. The topological polar surface area (TPSA) is 193 Å². The number of rotatable bonds is 9. The first-order chi connectivity index (χ1) is 31.5.